The SMILES string of the molecule is N#Cc1ccc(N2CCCN(C(=O)c3ccccc3C(=O)c3ccc(F)cc3)CC2)cc1. The maximum absolute atomic E-state index is 13.3. The van der Waals surface area contributed by atoms with Crippen LogP contribution >= 0.6 is 0 Å². The molecule has 3 aromatic carbocycles. The number of nitrogens with zero attached hydrogens (tertiary/aromatic N) is 3. The van der Waals surface area contributed by atoms with Gasteiger partial charge in [0.15, 0.2) is 5.78 Å². The number of halogens is 1. The molecular formula is C26H22FN3O2. The van der Waals surface area contributed by atoms with Crippen molar-refractivity contribution in [1.82, 2.24) is 4.90 Å². The smallest absolute Gasteiger partial charge is 0.254 e. The molecule has 0 saturated carbocycles. The number of nitriles is 1. The van der Waals surface area contributed by atoms with Crippen LogP contribution in [0.2, 0.25) is 0 Å². The van der Waals surface area contributed by atoms with Gasteiger partial charge in [-0.1, -0.05) is 18.2 Å². The molecule has 4 rings (SSSR count). The van der Waals surface area contributed by atoms with Gasteiger partial charge in [0.2, 0.25) is 0 Å². The second-order valence-corrected chi connectivity index (χ2v) is 7.67. The summed E-state index contributed by atoms with van der Waals surface area (Å²) in [5.41, 5.74) is 2.65. The summed E-state index contributed by atoms with van der Waals surface area (Å²) < 4.78 is 13.2. The normalized spacial score (nSPS) is 13.9. The molecule has 0 spiro atoms. The highest BCUT2D eigenvalue weighted by molar-refractivity contribution is 6.15. The van der Waals surface area contributed by atoms with Crippen LogP contribution in [0.5, 0.6) is 0 Å². The number of benzene rings is 3. The maximum Gasteiger partial charge on any atom is 0.254 e. The Morgan fingerprint density at radius 1 is 0.812 bits per heavy atom. The van der Waals surface area contributed by atoms with Crippen molar-refractivity contribution < 1.29 is 14.0 Å². The van der Waals surface area contributed by atoms with Gasteiger partial charge in [0, 0.05) is 43.0 Å². The Morgan fingerprint density at radius 3 is 2.19 bits per heavy atom. The average Bonchev–Trinajstić information content (AvgIpc) is 3.10. The van der Waals surface area contributed by atoms with E-state index in [9.17, 15) is 14.0 Å². The second kappa shape index (κ2) is 9.44. The predicted octanol–water partition coefficient (Wildman–Crippen LogP) is 4.28. The molecule has 1 aliphatic heterocycles. The molecule has 32 heavy (non-hydrogen) atoms. The Morgan fingerprint density at radius 2 is 1.50 bits per heavy atom. The predicted molar refractivity (Wildman–Crippen MR) is 120 cm³/mol. The first-order valence-corrected chi connectivity index (χ1v) is 10.5. The van der Waals surface area contributed by atoms with E-state index >= 15 is 0 Å². The van der Waals surface area contributed by atoms with Gasteiger partial charge < -0.3 is 9.80 Å². The summed E-state index contributed by atoms with van der Waals surface area (Å²) in [5, 5.41) is 8.99. The minimum Gasteiger partial charge on any atom is -0.370 e. The molecule has 5 nitrogen and oxygen atoms in total. The maximum atomic E-state index is 13.3. The molecule has 0 unspecified atom stereocenters. The molecule has 0 radical (unpaired) electrons. The topological polar surface area (TPSA) is 64.4 Å². The Kier molecular flexibility index (Phi) is 6.27. The number of hydrogen-bond acceptors (Lipinski definition) is 4. The van der Waals surface area contributed by atoms with Crippen molar-refractivity contribution in [3.05, 3.63) is 101 Å². The minimum atomic E-state index is -0.415. The van der Waals surface area contributed by atoms with E-state index in [4.69, 9.17) is 5.26 Å². The monoisotopic (exact) mass is 427 g/mol. The van der Waals surface area contributed by atoms with E-state index in [1.54, 1.807) is 41.3 Å². The number of hydrogen-bond donors (Lipinski definition) is 0. The highest BCUT2D eigenvalue weighted by Gasteiger charge is 2.24. The summed E-state index contributed by atoms with van der Waals surface area (Å²) in [7, 11) is 0. The van der Waals surface area contributed by atoms with Crippen molar-refractivity contribution >= 4 is 17.4 Å². The summed E-state index contributed by atoms with van der Waals surface area (Å²) in [5.74, 6) is -0.900. The van der Waals surface area contributed by atoms with Crippen LogP contribution in [0.4, 0.5) is 10.1 Å². The molecule has 0 N–H and O–H groups in total. The van der Waals surface area contributed by atoms with Gasteiger partial charge in [-0.3, -0.25) is 9.59 Å². The molecule has 0 atom stereocenters. The minimum absolute atomic E-state index is 0.183. The molecule has 160 valence electrons. The van der Waals surface area contributed by atoms with Crippen LogP contribution in [-0.2, 0) is 0 Å². The Labute approximate surface area is 186 Å². The van der Waals surface area contributed by atoms with Gasteiger partial charge in [0.25, 0.3) is 5.91 Å². The van der Waals surface area contributed by atoms with Crippen molar-refractivity contribution in [1.29, 1.82) is 5.26 Å². The van der Waals surface area contributed by atoms with E-state index in [2.05, 4.69) is 11.0 Å². The van der Waals surface area contributed by atoms with Gasteiger partial charge in [-0.25, -0.2) is 4.39 Å². The number of ketones is 1. The lowest BCUT2D eigenvalue weighted by Crippen LogP contribution is -2.36. The first-order chi connectivity index (χ1) is 15.6. The van der Waals surface area contributed by atoms with E-state index < -0.39 is 5.82 Å². The standard InChI is InChI=1S/C26H22FN3O2/c27-21-10-8-20(9-11-21)25(31)23-4-1-2-5-24(23)26(32)30-15-3-14-29(16-17-30)22-12-6-19(18-28)7-13-22/h1-2,4-13H,3,14-17H2. The third-order valence-corrected chi connectivity index (χ3v) is 5.65. The van der Waals surface area contributed by atoms with Gasteiger partial charge in [-0.15, -0.1) is 0 Å². The van der Waals surface area contributed by atoms with Crippen molar-refractivity contribution in [2.45, 2.75) is 6.42 Å². The summed E-state index contributed by atoms with van der Waals surface area (Å²) >= 11 is 0. The number of carbonyl (C=O) groups is 2. The Hall–Kier alpha value is -3.98. The molecule has 3 aromatic rings. The fraction of sp³-hybridized carbons (Fsp3) is 0.192. The highest BCUT2D eigenvalue weighted by Crippen LogP contribution is 2.21. The van der Waals surface area contributed by atoms with Crippen LogP contribution in [0.15, 0.2) is 72.8 Å². The molecule has 1 amide bonds. The summed E-state index contributed by atoms with van der Waals surface area (Å²) in [6.45, 7) is 2.57. The van der Waals surface area contributed by atoms with E-state index in [0.29, 0.717) is 41.9 Å². The van der Waals surface area contributed by atoms with Crippen molar-refractivity contribution in [3.63, 3.8) is 0 Å². The number of anilines is 1. The molecule has 1 heterocycles. The van der Waals surface area contributed by atoms with Crippen LogP contribution in [0.3, 0.4) is 0 Å². The number of carbonyl (C=O) groups excluding carboxylic acids is 2. The van der Waals surface area contributed by atoms with Crippen molar-refractivity contribution in [3.8, 4) is 6.07 Å². The number of amides is 1. The van der Waals surface area contributed by atoms with Crippen LogP contribution in [-0.4, -0.2) is 42.8 Å². The van der Waals surface area contributed by atoms with E-state index in [1.807, 2.05) is 12.1 Å². The van der Waals surface area contributed by atoms with Crippen molar-refractivity contribution in [2.75, 3.05) is 31.1 Å². The highest BCUT2D eigenvalue weighted by atomic mass is 19.1. The lowest BCUT2D eigenvalue weighted by atomic mass is 9.97. The van der Waals surface area contributed by atoms with Crippen LogP contribution in [0.25, 0.3) is 0 Å². The lowest BCUT2D eigenvalue weighted by Gasteiger charge is -2.24. The first-order valence-electron chi connectivity index (χ1n) is 10.5. The van der Waals surface area contributed by atoms with Gasteiger partial charge in [-0.05, 0) is 61.0 Å². The Balaban J connectivity index is 1.51. The van der Waals surface area contributed by atoms with E-state index in [0.717, 1.165) is 18.7 Å². The molecule has 1 fully saturated rings. The molecule has 6 heteroatoms. The molecule has 0 aliphatic carbocycles. The van der Waals surface area contributed by atoms with Crippen LogP contribution in [0.1, 0.15) is 38.3 Å². The van der Waals surface area contributed by atoms with Gasteiger partial charge in [-0.2, -0.15) is 5.26 Å². The summed E-state index contributed by atoms with van der Waals surface area (Å²) in [4.78, 5) is 30.3. The van der Waals surface area contributed by atoms with Crippen LogP contribution in [0, 0.1) is 17.1 Å². The third kappa shape index (κ3) is 4.52. The largest absolute Gasteiger partial charge is 0.370 e. The zero-order valence-corrected chi connectivity index (χ0v) is 17.5. The van der Waals surface area contributed by atoms with Gasteiger partial charge in [0.1, 0.15) is 5.82 Å². The fourth-order valence-corrected chi connectivity index (χ4v) is 3.92. The average molecular weight is 427 g/mol. The summed E-state index contributed by atoms with van der Waals surface area (Å²) in [6, 6.07) is 21.7. The molecule has 0 bridgehead atoms. The fourth-order valence-electron chi connectivity index (χ4n) is 3.92. The molecule has 1 saturated heterocycles. The first kappa shape index (κ1) is 21.3. The zero-order chi connectivity index (χ0) is 22.5. The van der Waals surface area contributed by atoms with Crippen molar-refractivity contribution in [2.24, 2.45) is 0 Å². The second-order valence-electron chi connectivity index (χ2n) is 7.67. The lowest BCUT2D eigenvalue weighted by molar-refractivity contribution is 0.0762. The number of rotatable bonds is 4. The third-order valence-electron chi connectivity index (χ3n) is 5.65. The van der Waals surface area contributed by atoms with Gasteiger partial charge in [0.05, 0.1) is 17.2 Å². The van der Waals surface area contributed by atoms with E-state index in [1.165, 1.54) is 24.3 Å². The molecule has 1 aliphatic rings. The Bertz CT molecular complexity index is 1170. The van der Waals surface area contributed by atoms with Gasteiger partial charge >= 0.3 is 0 Å². The zero-order valence-electron chi connectivity index (χ0n) is 17.5. The summed E-state index contributed by atoms with van der Waals surface area (Å²) in [6.07, 6.45) is 0.791. The molecule has 0 aromatic heterocycles. The quantitative estimate of drug-likeness (QED) is 0.583. The molecular weight excluding hydrogens is 405 g/mol. The van der Waals surface area contributed by atoms with E-state index in [-0.39, 0.29) is 11.7 Å². The van der Waals surface area contributed by atoms with Crippen LogP contribution < -0.4 is 4.90 Å².